The van der Waals surface area contributed by atoms with Gasteiger partial charge in [0.1, 0.15) is 11.4 Å². The Hall–Kier alpha value is -2.44. The number of hydrogen-bond donors (Lipinski definition) is 1. The number of aryl methyl sites for hydroxylation is 1. The zero-order chi connectivity index (χ0) is 17.1. The van der Waals surface area contributed by atoms with Gasteiger partial charge in [-0.2, -0.15) is 5.10 Å². The first-order valence-electron chi connectivity index (χ1n) is 7.83. The van der Waals surface area contributed by atoms with E-state index in [1.165, 1.54) is 17.9 Å². The zero-order valence-electron chi connectivity index (χ0n) is 13.2. The molecule has 7 heteroatoms. The first kappa shape index (κ1) is 15.1. The Bertz CT molecular complexity index is 827. The van der Waals surface area contributed by atoms with Crippen molar-refractivity contribution in [1.82, 2.24) is 14.7 Å². The molecular weight excluding hydrogens is 316 g/mol. The molecule has 1 amide bonds. The SMILES string of the molecule is Cn1cc(C(=O)N2Cc3ccc(O)cc3C3(CC3)C2)c(C(F)F)n1. The molecule has 0 atom stereocenters. The summed E-state index contributed by atoms with van der Waals surface area (Å²) in [5.41, 5.74) is 1.39. The van der Waals surface area contributed by atoms with Crippen LogP contribution in [0.15, 0.2) is 24.4 Å². The fraction of sp³-hybridized carbons (Fsp3) is 0.412. The van der Waals surface area contributed by atoms with Gasteiger partial charge >= 0.3 is 0 Å². The second-order valence-electron chi connectivity index (χ2n) is 6.69. The molecule has 1 aromatic carbocycles. The molecule has 2 aromatic rings. The average molecular weight is 333 g/mol. The van der Waals surface area contributed by atoms with Gasteiger partial charge in [-0.25, -0.2) is 8.78 Å². The summed E-state index contributed by atoms with van der Waals surface area (Å²) in [6, 6.07) is 5.16. The lowest BCUT2D eigenvalue weighted by atomic mass is 9.86. The molecule has 2 heterocycles. The van der Waals surface area contributed by atoms with Crippen molar-refractivity contribution >= 4 is 5.91 Å². The van der Waals surface area contributed by atoms with E-state index in [2.05, 4.69) is 5.10 Å². The summed E-state index contributed by atoms with van der Waals surface area (Å²) in [6.07, 6.45) is 0.439. The molecule has 126 valence electrons. The Labute approximate surface area is 137 Å². The Morgan fingerprint density at radius 3 is 2.79 bits per heavy atom. The standard InChI is InChI=1S/C17H17F2N3O2/c1-21-8-12(14(20-21)15(18)19)16(24)22-7-10-2-3-11(23)6-13(10)17(9-22)4-5-17/h2-3,6,8,15,23H,4-5,7,9H2,1H3. The number of aromatic nitrogens is 2. The largest absolute Gasteiger partial charge is 0.508 e. The molecule has 1 aromatic heterocycles. The molecule has 1 N–H and O–H groups in total. The van der Waals surface area contributed by atoms with Crippen LogP contribution in [0, 0.1) is 0 Å². The van der Waals surface area contributed by atoms with E-state index < -0.39 is 18.0 Å². The molecular formula is C17H17F2N3O2. The normalized spacial score (nSPS) is 18.1. The van der Waals surface area contributed by atoms with Gasteiger partial charge in [0, 0.05) is 31.7 Å². The number of phenols is 1. The number of halogens is 2. The molecule has 1 aliphatic carbocycles. The van der Waals surface area contributed by atoms with Crippen LogP contribution in [-0.4, -0.2) is 32.2 Å². The molecule has 0 unspecified atom stereocenters. The van der Waals surface area contributed by atoms with E-state index in [1.807, 2.05) is 0 Å². The maximum absolute atomic E-state index is 13.1. The third-order valence-corrected chi connectivity index (χ3v) is 4.95. The van der Waals surface area contributed by atoms with Crippen LogP contribution in [0.4, 0.5) is 8.78 Å². The highest BCUT2D eigenvalue weighted by Gasteiger charge is 2.50. The summed E-state index contributed by atoms with van der Waals surface area (Å²) in [6.45, 7) is 0.841. The van der Waals surface area contributed by atoms with E-state index in [4.69, 9.17) is 0 Å². The maximum atomic E-state index is 13.1. The third-order valence-electron chi connectivity index (χ3n) is 4.95. The molecule has 1 fully saturated rings. The molecule has 0 saturated heterocycles. The summed E-state index contributed by atoms with van der Waals surface area (Å²) in [7, 11) is 1.53. The highest BCUT2D eigenvalue weighted by atomic mass is 19.3. The Kier molecular flexibility index (Phi) is 3.16. The minimum Gasteiger partial charge on any atom is -0.508 e. The Morgan fingerprint density at radius 1 is 1.38 bits per heavy atom. The quantitative estimate of drug-likeness (QED) is 0.919. The van der Waals surface area contributed by atoms with Gasteiger partial charge in [-0.3, -0.25) is 9.48 Å². The van der Waals surface area contributed by atoms with E-state index in [-0.39, 0.29) is 16.7 Å². The Morgan fingerprint density at radius 2 is 2.12 bits per heavy atom. The lowest BCUT2D eigenvalue weighted by Crippen LogP contribution is -2.41. The topological polar surface area (TPSA) is 58.4 Å². The molecule has 1 saturated carbocycles. The van der Waals surface area contributed by atoms with Crippen molar-refractivity contribution in [2.24, 2.45) is 7.05 Å². The highest BCUT2D eigenvalue weighted by molar-refractivity contribution is 5.95. The summed E-state index contributed by atoms with van der Waals surface area (Å²) in [4.78, 5) is 14.4. The van der Waals surface area contributed by atoms with Crippen LogP contribution in [0.25, 0.3) is 0 Å². The fourth-order valence-corrected chi connectivity index (χ4v) is 3.63. The van der Waals surface area contributed by atoms with E-state index in [0.717, 1.165) is 24.0 Å². The van der Waals surface area contributed by atoms with Crippen molar-refractivity contribution in [3.63, 3.8) is 0 Å². The summed E-state index contributed by atoms with van der Waals surface area (Å²) in [5, 5.41) is 13.4. The minimum atomic E-state index is -2.78. The molecule has 1 aliphatic heterocycles. The van der Waals surface area contributed by atoms with E-state index in [9.17, 15) is 18.7 Å². The average Bonchev–Trinajstić information content (AvgIpc) is 3.19. The van der Waals surface area contributed by atoms with Crippen molar-refractivity contribution in [1.29, 1.82) is 0 Å². The lowest BCUT2D eigenvalue weighted by Gasteiger charge is -2.35. The zero-order valence-corrected chi connectivity index (χ0v) is 13.2. The third kappa shape index (κ3) is 2.26. The number of rotatable bonds is 2. The highest BCUT2D eigenvalue weighted by Crippen LogP contribution is 2.53. The lowest BCUT2D eigenvalue weighted by molar-refractivity contribution is 0.0697. The summed E-state index contributed by atoms with van der Waals surface area (Å²) >= 11 is 0. The number of fused-ring (bicyclic) bond motifs is 2. The maximum Gasteiger partial charge on any atom is 0.282 e. The van der Waals surface area contributed by atoms with Crippen molar-refractivity contribution in [3.8, 4) is 5.75 Å². The number of alkyl halides is 2. The molecule has 0 radical (unpaired) electrons. The number of benzene rings is 1. The summed E-state index contributed by atoms with van der Waals surface area (Å²) < 4.78 is 27.5. The Balaban J connectivity index is 1.69. The fourth-order valence-electron chi connectivity index (χ4n) is 3.63. The molecule has 24 heavy (non-hydrogen) atoms. The first-order chi connectivity index (χ1) is 11.4. The number of nitrogens with zero attached hydrogens (tertiary/aromatic N) is 3. The number of carbonyl (C=O) groups excluding carboxylic acids is 1. The minimum absolute atomic E-state index is 0.0365. The second-order valence-corrected chi connectivity index (χ2v) is 6.69. The van der Waals surface area contributed by atoms with Crippen LogP contribution in [0.1, 0.15) is 46.4 Å². The number of carbonyl (C=O) groups is 1. The van der Waals surface area contributed by atoms with E-state index >= 15 is 0 Å². The van der Waals surface area contributed by atoms with Crippen LogP contribution in [0.5, 0.6) is 5.75 Å². The van der Waals surface area contributed by atoms with Crippen molar-refractivity contribution in [2.45, 2.75) is 31.2 Å². The predicted molar refractivity (Wildman–Crippen MR) is 81.9 cm³/mol. The van der Waals surface area contributed by atoms with Gasteiger partial charge in [-0.1, -0.05) is 6.07 Å². The van der Waals surface area contributed by atoms with Gasteiger partial charge in [0.05, 0.1) is 5.56 Å². The molecule has 0 bridgehead atoms. The number of hydrogen-bond acceptors (Lipinski definition) is 3. The van der Waals surface area contributed by atoms with E-state index in [0.29, 0.717) is 13.1 Å². The van der Waals surface area contributed by atoms with Crippen molar-refractivity contribution in [3.05, 3.63) is 46.8 Å². The predicted octanol–water partition coefficient (Wildman–Crippen LogP) is 2.75. The molecule has 5 nitrogen and oxygen atoms in total. The van der Waals surface area contributed by atoms with E-state index in [1.54, 1.807) is 23.1 Å². The van der Waals surface area contributed by atoms with Crippen LogP contribution in [0.3, 0.4) is 0 Å². The van der Waals surface area contributed by atoms with Gasteiger partial charge in [0.2, 0.25) is 0 Å². The number of phenolic OH excluding ortho intramolecular Hbond substituents is 1. The number of amides is 1. The van der Waals surface area contributed by atoms with Crippen LogP contribution < -0.4 is 0 Å². The van der Waals surface area contributed by atoms with Crippen molar-refractivity contribution in [2.75, 3.05) is 6.54 Å². The summed E-state index contributed by atoms with van der Waals surface area (Å²) in [5.74, 6) is -0.199. The second kappa shape index (κ2) is 5.03. The van der Waals surface area contributed by atoms with Gasteiger partial charge < -0.3 is 10.0 Å². The molecule has 4 rings (SSSR count). The van der Waals surface area contributed by atoms with Gasteiger partial charge in [0.15, 0.2) is 0 Å². The van der Waals surface area contributed by atoms with Gasteiger partial charge in [-0.05, 0) is 36.1 Å². The van der Waals surface area contributed by atoms with Gasteiger partial charge in [-0.15, -0.1) is 0 Å². The first-order valence-corrected chi connectivity index (χ1v) is 7.83. The van der Waals surface area contributed by atoms with Crippen LogP contribution in [-0.2, 0) is 19.0 Å². The van der Waals surface area contributed by atoms with Gasteiger partial charge in [0.25, 0.3) is 12.3 Å². The van der Waals surface area contributed by atoms with Crippen LogP contribution in [0.2, 0.25) is 0 Å². The molecule has 1 spiro atoms. The van der Waals surface area contributed by atoms with Crippen molar-refractivity contribution < 1.29 is 18.7 Å². The number of aromatic hydroxyl groups is 1. The van der Waals surface area contributed by atoms with Crippen LogP contribution >= 0.6 is 0 Å². The smallest absolute Gasteiger partial charge is 0.282 e. The molecule has 2 aliphatic rings. The monoisotopic (exact) mass is 333 g/mol.